The summed E-state index contributed by atoms with van der Waals surface area (Å²) in [6, 6.07) is 2.91. The van der Waals surface area contributed by atoms with E-state index in [1.165, 1.54) is 0 Å². The molecule has 0 aliphatic heterocycles. The summed E-state index contributed by atoms with van der Waals surface area (Å²) in [6.45, 7) is 7.01. The molecule has 188 valence electrons. The fourth-order valence-corrected chi connectivity index (χ4v) is 3.87. The Morgan fingerprint density at radius 2 is 1.79 bits per heavy atom. The van der Waals surface area contributed by atoms with Crippen LogP contribution >= 0.6 is 23.2 Å². The van der Waals surface area contributed by atoms with Crippen molar-refractivity contribution in [3.8, 4) is 0 Å². The monoisotopic (exact) mass is 515 g/mol. The Kier molecular flexibility index (Phi) is 10.0. The standard InChI is InChI=1S/C24H32Cl2N2O6/c1-5-33-20(29)10-9-19(24(32)34-6-2)27-23(31)21(13(3)4)28-22(30)16-12-15(16)14-7-8-17(25)18(26)11-14/h7-8,11,13,15-16,19,21H,5-6,9-10,12H2,1-4H3,(H,27,31)(H,28,30)/t15?,16?,19-,21-/m0/s1/i/hD. The zero-order chi connectivity index (χ0) is 26.3. The summed E-state index contributed by atoms with van der Waals surface area (Å²) < 4.78 is 18.3. The van der Waals surface area contributed by atoms with Gasteiger partial charge in [0.2, 0.25) is 11.8 Å². The van der Waals surface area contributed by atoms with Crippen molar-refractivity contribution in [2.45, 2.75) is 65.0 Å². The molecule has 34 heavy (non-hydrogen) atoms. The number of carbonyl (C=O) groups is 4. The number of nitrogens with one attached hydrogen (secondary N) is 2. The van der Waals surface area contributed by atoms with E-state index in [9.17, 15) is 19.2 Å². The molecule has 2 amide bonds. The van der Waals surface area contributed by atoms with E-state index in [0.29, 0.717) is 21.8 Å². The van der Waals surface area contributed by atoms with Gasteiger partial charge in [-0.15, -0.1) is 0 Å². The zero-order valence-corrected chi connectivity index (χ0v) is 21.3. The van der Waals surface area contributed by atoms with Crippen LogP contribution in [0.3, 0.4) is 0 Å². The number of esters is 2. The van der Waals surface area contributed by atoms with Gasteiger partial charge < -0.3 is 20.1 Å². The van der Waals surface area contributed by atoms with Crippen molar-refractivity contribution in [1.82, 2.24) is 10.6 Å². The van der Waals surface area contributed by atoms with Crippen LogP contribution in [0, 0.1) is 11.8 Å². The lowest BCUT2D eigenvalue weighted by Crippen LogP contribution is -2.54. The van der Waals surface area contributed by atoms with Crippen molar-refractivity contribution in [3.63, 3.8) is 0 Å². The van der Waals surface area contributed by atoms with Crippen LogP contribution in [0.25, 0.3) is 0 Å². The second-order valence-corrected chi connectivity index (χ2v) is 9.25. The van der Waals surface area contributed by atoms with Crippen LogP contribution < -0.4 is 10.6 Å². The SMILES string of the molecule is [2H]N(C(=O)C1CC1c1ccc(Cl)c(Cl)c1)[C@H](C(=O)N[C@@H](CCC(=O)OCC)C(=O)OCC)C(C)C. The van der Waals surface area contributed by atoms with Gasteiger partial charge >= 0.3 is 11.9 Å². The van der Waals surface area contributed by atoms with Gasteiger partial charge in [0.05, 0.1) is 23.3 Å². The predicted octanol–water partition coefficient (Wildman–Crippen LogP) is 3.63. The van der Waals surface area contributed by atoms with E-state index in [2.05, 4.69) is 5.32 Å². The Balaban J connectivity index is 2.09. The van der Waals surface area contributed by atoms with Crippen LogP contribution in [0.15, 0.2) is 18.2 Å². The maximum atomic E-state index is 13.1. The van der Waals surface area contributed by atoms with Crippen molar-refractivity contribution < 1.29 is 30.1 Å². The molecule has 4 atom stereocenters. The number of carbonyl (C=O) groups excluding carboxylic acids is 4. The van der Waals surface area contributed by atoms with Gasteiger partial charge in [-0.3, -0.25) is 14.4 Å². The van der Waals surface area contributed by atoms with E-state index < -0.39 is 47.7 Å². The Bertz CT molecular complexity index is 945. The van der Waals surface area contributed by atoms with Gasteiger partial charge in [0.25, 0.3) is 0 Å². The molecule has 8 nitrogen and oxygen atoms in total. The number of ether oxygens (including phenoxy) is 2. The highest BCUT2D eigenvalue weighted by Gasteiger charge is 2.45. The normalized spacial score (nSPS) is 19.0. The molecule has 1 aliphatic rings. The van der Waals surface area contributed by atoms with Gasteiger partial charge in [0.15, 0.2) is 1.41 Å². The van der Waals surface area contributed by atoms with Gasteiger partial charge in [-0.2, -0.15) is 0 Å². The molecule has 2 N–H and O–H groups in total. The molecule has 0 heterocycles. The smallest absolute Gasteiger partial charge is 0.328 e. The fourth-order valence-electron chi connectivity index (χ4n) is 3.57. The summed E-state index contributed by atoms with van der Waals surface area (Å²) in [7, 11) is 0. The quantitative estimate of drug-likeness (QED) is 0.411. The lowest BCUT2D eigenvalue weighted by molar-refractivity contribution is -0.149. The highest BCUT2D eigenvalue weighted by atomic mass is 35.5. The van der Waals surface area contributed by atoms with Crippen LogP contribution in [-0.4, -0.2) is 49.1 Å². The Hall–Kier alpha value is -2.32. The van der Waals surface area contributed by atoms with Crippen molar-refractivity contribution in [1.29, 1.82) is 0 Å². The maximum absolute atomic E-state index is 13.1. The Labute approximate surface area is 211 Å². The van der Waals surface area contributed by atoms with Crippen molar-refractivity contribution in [3.05, 3.63) is 33.8 Å². The molecule has 0 spiro atoms. The molecule has 1 saturated carbocycles. The van der Waals surface area contributed by atoms with E-state index >= 15 is 0 Å². The molecular formula is C24H32Cl2N2O6. The van der Waals surface area contributed by atoms with Crippen LogP contribution in [0.5, 0.6) is 0 Å². The molecule has 0 bridgehead atoms. The Morgan fingerprint density at radius 1 is 1.12 bits per heavy atom. The molecule has 1 aromatic rings. The van der Waals surface area contributed by atoms with E-state index in [1.54, 1.807) is 45.9 Å². The predicted molar refractivity (Wildman–Crippen MR) is 129 cm³/mol. The molecule has 1 aliphatic carbocycles. The van der Waals surface area contributed by atoms with Crippen molar-refractivity contribution >= 4 is 47.0 Å². The average Bonchev–Trinajstić information content (AvgIpc) is 3.59. The number of benzene rings is 1. The van der Waals surface area contributed by atoms with Gasteiger partial charge in [-0.25, -0.2) is 4.79 Å². The number of halogens is 2. The lowest BCUT2D eigenvalue weighted by Gasteiger charge is -2.25. The van der Waals surface area contributed by atoms with Crippen LogP contribution in [0.2, 0.25) is 11.5 Å². The van der Waals surface area contributed by atoms with Crippen molar-refractivity contribution in [2.24, 2.45) is 11.8 Å². The molecule has 2 rings (SSSR count). The first-order chi connectivity index (χ1) is 16.5. The molecule has 0 saturated heterocycles. The first-order valence-corrected chi connectivity index (χ1v) is 12.2. The first kappa shape index (κ1) is 26.3. The summed E-state index contributed by atoms with van der Waals surface area (Å²) in [5.74, 6) is -3.34. The van der Waals surface area contributed by atoms with Gasteiger partial charge in [-0.1, -0.05) is 43.1 Å². The van der Waals surface area contributed by atoms with Crippen LogP contribution in [-0.2, 0) is 28.7 Å². The van der Waals surface area contributed by atoms with E-state index in [1.807, 2.05) is 0 Å². The fraction of sp³-hybridized carbons (Fsp3) is 0.583. The first-order valence-electron chi connectivity index (χ1n) is 11.9. The third-order valence-corrected chi connectivity index (χ3v) is 6.21. The second kappa shape index (κ2) is 13.0. The largest absolute Gasteiger partial charge is 0.466 e. The minimum Gasteiger partial charge on any atom is -0.466 e. The molecular weight excluding hydrogens is 483 g/mol. The van der Waals surface area contributed by atoms with Crippen molar-refractivity contribution in [2.75, 3.05) is 13.2 Å². The minimum absolute atomic E-state index is 0.0256. The average molecular weight is 516 g/mol. The number of hydrogen-bond acceptors (Lipinski definition) is 6. The third kappa shape index (κ3) is 7.87. The lowest BCUT2D eigenvalue weighted by atomic mass is 10.0. The summed E-state index contributed by atoms with van der Waals surface area (Å²) in [4.78, 5) is 50.3. The molecule has 10 heteroatoms. The van der Waals surface area contributed by atoms with E-state index in [0.717, 1.165) is 5.56 Å². The third-order valence-electron chi connectivity index (χ3n) is 5.48. The number of amides is 2. The van der Waals surface area contributed by atoms with E-state index in [4.69, 9.17) is 34.1 Å². The zero-order valence-electron chi connectivity index (χ0n) is 20.8. The van der Waals surface area contributed by atoms with Gasteiger partial charge in [0.1, 0.15) is 12.1 Å². The summed E-state index contributed by atoms with van der Waals surface area (Å²) in [6.07, 6.45) is 0.409. The van der Waals surface area contributed by atoms with Gasteiger partial charge in [-0.05, 0) is 56.2 Å². The highest BCUT2D eigenvalue weighted by molar-refractivity contribution is 6.42. The number of rotatable bonds is 12. The second-order valence-electron chi connectivity index (χ2n) is 8.44. The van der Waals surface area contributed by atoms with Gasteiger partial charge in [0, 0.05) is 12.3 Å². The summed E-state index contributed by atoms with van der Waals surface area (Å²) in [5.41, 5.74) is 0.845. The molecule has 1 fully saturated rings. The minimum atomic E-state index is -1.14. The van der Waals surface area contributed by atoms with Crippen LogP contribution in [0.4, 0.5) is 0 Å². The summed E-state index contributed by atoms with van der Waals surface area (Å²) in [5, 5.41) is 4.06. The van der Waals surface area contributed by atoms with Crippen LogP contribution in [0.1, 0.15) is 58.4 Å². The topological polar surface area (TPSA) is 111 Å². The summed E-state index contributed by atoms with van der Waals surface area (Å²) >= 11 is 12.0. The Morgan fingerprint density at radius 3 is 2.38 bits per heavy atom. The molecule has 1 aromatic carbocycles. The van der Waals surface area contributed by atoms with E-state index in [-0.39, 0.29) is 32.0 Å². The maximum Gasteiger partial charge on any atom is 0.328 e. The highest BCUT2D eigenvalue weighted by Crippen LogP contribution is 2.48. The molecule has 0 aromatic heterocycles. The molecule has 0 radical (unpaired) electrons. The molecule has 2 unspecified atom stereocenters. The number of hydrogen-bond donors (Lipinski definition) is 2.